The smallest absolute Gasteiger partial charge is 0.221 e. The number of carbonyl (C=O) groups excluding carboxylic acids is 2. The lowest BCUT2D eigenvalue weighted by Gasteiger charge is -2.03. The van der Waals surface area contributed by atoms with Crippen LogP contribution in [0.5, 0.6) is 0 Å². The molecule has 0 bridgehead atoms. The maximum Gasteiger partial charge on any atom is 0.221 e. The van der Waals surface area contributed by atoms with Crippen LogP contribution < -0.4 is 10.6 Å². The van der Waals surface area contributed by atoms with Crippen LogP contribution in [0.1, 0.15) is 26.7 Å². The van der Waals surface area contributed by atoms with Crippen LogP contribution in [0.3, 0.4) is 0 Å². The molecule has 2 N–H and O–H groups in total. The first kappa shape index (κ1) is 9.94. The van der Waals surface area contributed by atoms with Crippen molar-refractivity contribution in [2.75, 3.05) is 6.67 Å². The minimum absolute atomic E-state index is 0.0543. The van der Waals surface area contributed by atoms with Crippen molar-refractivity contribution in [1.29, 1.82) is 0 Å². The van der Waals surface area contributed by atoms with Crippen molar-refractivity contribution in [3.8, 4) is 0 Å². The number of nitrogens with one attached hydrogen (secondary N) is 2. The Balaban J connectivity index is 3.27. The molecule has 0 radical (unpaired) electrons. The summed E-state index contributed by atoms with van der Waals surface area (Å²) in [6.45, 7) is 3.76. The van der Waals surface area contributed by atoms with Crippen molar-refractivity contribution in [2.24, 2.45) is 0 Å². The fourth-order valence-corrected chi connectivity index (χ4v) is 0.491. The highest BCUT2D eigenvalue weighted by Crippen LogP contribution is 1.74. The Morgan fingerprint density at radius 1 is 1.00 bits per heavy atom. The second kappa shape index (κ2) is 5.70. The zero-order chi connectivity index (χ0) is 8.69. The van der Waals surface area contributed by atoms with Crippen LogP contribution in [0.4, 0.5) is 0 Å². The Morgan fingerprint density at radius 3 is 1.64 bits per heavy atom. The normalized spacial score (nSPS) is 8.91. The van der Waals surface area contributed by atoms with Gasteiger partial charge in [-0.2, -0.15) is 0 Å². The largest absolute Gasteiger partial charge is 0.339 e. The van der Waals surface area contributed by atoms with Gasteiger partial charge in [0.15, 0.2) is 0 Å². The lowest BCUT2D eigenvalue weighted by atomic mass is 10.4. The highest BCUT2D eigenvalue weighted by molar-refractivity contribution is 5.78. The minimum Gasteiger partial charge on any atom is -0.339 e. The van der Waals surface area contributed by atoms with Gasteiger partial charge >= 0.3 is 0 Å². The predicted octanol–water partition coefficient (Wildman–Crippen LogP) is -0.00370. The quantitative estimate of drug-likeness (QED) is 0.566. The predicted molar refractivity (Wildman–Crippen MR) is 41.7 cm³/mol. The van der Waals surface area contributed by atoms with Crippen LogP contribution in [0.2, 0.25) is 0 Å². The molecule has 0 saturated carbocycles. The molecule has 11 heavy (non-hydrogen) atoms. The van der Waals surface area contributed by atoms with Gasteiger partial charge in [-0.05, 0) is 0 Å². The summed E-state index contributed by atoms with van der Waals surface area (Å²) in [5.41, 5.74) is 0. The molecule has 4 nitrogen and oxygen atoms in total. The summed E-state index contributed by atoms with van der Waals surface area (Å²) in [5, 5.41) is 5.05. The van der Waals surface area contributed by atoms with Crippen LogP contribution in [-0.4, -0.2) is 18.5 Å². The maximum absolute atomic E-state index is 10.6. The van der Waals surface area contributed by atoms with Gasteiger partial charge in [-0.1, -0.05) is 13.8 Å². The van der Waals surface area contributed by atoms with Crippen LogP contribution in [0.15, 0.2) is 0 Å². The first-order chi connectivity index (χ1) is 5.20. The summed E-state index contributed by atoms with van der Waals surface area (Å²) in [5.74, 6) is -0.109. The SMILES string of the molecule is CCC(=O)NCNC(=O)CC. The Labute approximate surface area is 66.4 Å². The Bertz CT molecular complexity index is 129. The fourth-order valence-electron chi connectivity index (χ4n) is 0.491. The van der Waals surface area contributed by atoms with E-state index in [1.165, 1.54) is 0 Å². The molecule has 64 valence electrons. The van der Waals surface area contributed by atoms with E-state index < -0.39 is 0 Å². The molecule has 0 unspecified atom stereocenters. The summed E-state index contributed by atoms with van der Waals surface area (Å²) >= 11 is 0. The highest BCUT2D eigenvalue weighted by Gasteiger charge is 1.96. The average molecular weight is 158 g/mol. The van der Waals surface area contributed by atoms with Crippen LogP contribution in [-0.2, 0) is 9.59 Å². The van der Waals surface area contributed by atoms with E-state index in [0.29, 0.717) is 12.8 Å². The van der Waals surface area contributed by atoms with Crippen LogP contribution >= 0.6 is 0 Å². The molecule has 0 atom stereocenters. The molecule has 0 saturated heterocycles. The molecule has 0 aliphatic carbocycles. The van der Waals surface area contributed by atoms with E-state index in [2.05, 4.69) is 10.6 Å². The van der Waals surface area contributed by atoms with Gasteiger partial charge in [0, 0.05) is 12.8 Å². The molecule has 0 aromatic carbocycles. The monoisotopic (exact) mass is 158 g/mol. The molecular formula is C7H14N2O2. The van der Waals surface area contributed by atoms with Gasteiger partial charge < -0.3 is 10.6 Å². The van der Waals surface area contributed by atoms with Gasteiger partial charge in [-0.3, -0.25) is 9.59 Å². The molecule has 0 aromatic heterocycles. The number of rotatable bonds is 4. The van der Waals surface area contributed by atoms with Gasteiger partial charge in [0.05, 0.1) is 6.67 Å². The highest BCUT2D eigenvalue weighted by atomic mass is 16.2. The lowest BCUT2D eigenvalue weighted by molar-refractivity contribution is -0.122. The van der Waals surface area contributed by atoms with Crippen molar-refractivity contribution >= 4 is 11.8 Å². The van der Waals surface area contributed by atoms with Gasteiger partial charge in [0.1, 0.15) is 0 Å². The molecular weight excluding hydrogens is 144 g/mol. The zero-order valence-electron chi connectivity index (χ0n) is 6.94. The fraction of sp³-hybridized carbons (Fsp3) is 0.714. The van der Waals surface area contributed by atoms with Crippen molar-refractivity contribution in [3.05, 3.63) is 0 Å². The number of carbonyl (C=O) groups is 2. The van der Waals surface area contributed by atoms with Crippen molar-refractivity contribution in [2.45, 2.75) is 26.7 Å². The summed E-state index contributed by atoms with van der Waals surface area (Å²) in [6, 6.07) is 0. The molecule has 0 aliphatic rings. The van der Waals surface area contributed by atoms with Crippen LogP contribution in [0.25, 0.3) is 0 Å². The summed E-state index contributed by atoms with van der Waals surface area (Å²) in [7, 11) is 0. The molecule has 0 aliphatic heterocycles. The Kier molecular flexibility index (Phi) is 5.15. The summed E-state index contributed by atoms with van der Waals surface area (Å²) in [6.07, 6.45) is 0.893. The van der Waals surface area contributed by atoms with Gasteiger partial charge in [-0.15, -0.1) is 0 Å². The topological polar surface area (TPSA) is 58.2 Å². The molecule has 4 heteroatoms. The molecule has 0 aromatic rings. The maximum atomic E-state index is 10.6. The molecule has 0 heterocycles. The van der Waals surface area contributed by atoms with E-state index in [4.69, 9.17) is 0 Å². The molecule has 0 fully saturated rings. The second-order valence-electron chi connectivity index (χ2n) is 2.08. The van der Waals surface area contributed by atoms with Gasteiger partial charge in [-0.25, -0.2) is 0 Å². The Morgan fingerprint density at radius 2 is 1.36 bits per heavy atom. The molecule has 0 rings (SSSR count). The van der Waals surface area contributed by atoms with E-state index in [9.17, 15) is 9.59 Å². The standard InChI is InChI=1S/C7H14N2O2/c1-3-6(10)8-5-9-7(11)4-2/h3-5H2,1-2H3,(H,8,10)(H,9,11). The van der Waals surface area contributed by atoms with E-state index in [-0.39, 0.29) is 18.5 Å². The first-order valence-corrected chi connectivity index (χ1v) is 3.74. The van der Waals surface area contributed by atoms with E-state index >= 15 is 0 Å². The van der Waals surface area contributed by atoms with E-state index in [1.54, 1.807) is 13.8 Å². The lowest BCUT2D eigenvalue weighted by Crippen LogP contribution is -2.36. The van der Waals surface area contributed by atoms with E-state index in [0.717, 1.165) is 0 Å². The average Bonchev–Trinajstić information content (AvgIpc) is 2.04. The second-order valence-corrected chi connectivity index (χ2v) is 2.08. The van der Waals surface area contributed by atoms with Gasteiger partial charge in [0.2, 0.25) is 11.8 Å². The minimum atomic E-state index is -0.0543. The summed E-state index contributed by atoms with van der Waals surface area (Å²) < 4.78 is 0. The van der Waals surface area contributed by atoms with E-state index in [1.807, 2.05) is 0 Å². The van der Waals surface area contributed by atoms with Crippen LogP contribution in [0, 0.1) is 0 Å². The van der Waals surface area contributed by atoms with Crippen molar-refractivity contribution in [1.82, 2.24) is 10.6 Å². The number of hydrogen-bond acceptors (Lipinski definition) is 2. The third-order valence-electron chi connectivity index (χ3n) is 1.21. The van der Waals surface area contributed by atoms with Crippen molar-refractivity contribution < 1.29 is 9.59 Å². The molecule has 0 spiro atoms. The zero-order valence-corrected chi connectivity index (χ0v) is 6.94. The first-order valence-electron chi connectivity index (χ1n) is 3.74. The third-order valence-corrected chi connectivity index (χ3v) is 1.21. The van der Waals surface area contributed by atoms with Crippen molar-refractivity contribution in [3.63, 3.8) is 0 Å². The number of hydrogen-bond donors (Lipinski definition) is 2. The summed E-state index contributed by atoms with van der Waals surface area (Å²) in [4.78, 5) is 21.2. The number of amides is 2. The third kappa shape index (κ3) is 5.39. The Hall–Kier alpha value is -1.06. The molecule has 2 amide bonds. The van der Waals surface area contributed by atoms with Gasteiger partial charge in [0.25, 0.3) is 0 Å².